The first kappa shape index (κ1) is 4.46. The van der Waals surface area contributed by atoms with Crippen molar-refractivity contribution in [2.45, 2.75) is 0 Å². The summed E-state index contributed by atoms with van der Waals surface area (Å²) in [5, 5.41) is 8.29. The van der Waals surface area contributed by atoms with Gasteiger partial charge in [0.1, 0.15) is 12.9 Å². The number of aliphatic hydroxyl groups excluding tert-OH is 1. The van der Waals surface area contributed by atoms with Crippen LogP contribution < -0.4 is 0 Å². The highest BCUT2D eigenvalue weighted by Gasteiger charge is 2.01. The SMILES string of the molecule is OCC1=COCO1. The van der Waals surface area contributed by atoms with Crippen LogP contribution >= 0.6 is 0 Å². The van der Waals surface area contributed by atoms with E-state index in [-0.39, 0.29) is 13.4 Å². The van der Waals surface area contributed by atoms with Crippen LogP contribution in [0.2, 0.25) is 0 Å². The molecule has 7 heavy (non-hydrogen) atoms. The van der Waals surface area contributed by atoms with Gasteiger partial charge in [-0.05, 0) is 0 Å². The molecule has 1 aliphatic heterocycles. The van der Waals surface area contributed by atoms with Gasteiger partial charge < -0.3 is 14.6 Å². The van der Waals surface area contributed by atoms with Crippen molar-refractivity contribution >= 4 is 0 Å². The summed E-state index contributed by atoms with van der Waals surface area (Å²) in [7, 11) is 0. The molecule has 3 heteroatoms. The molecule has 0 radical (unpaired) electrons. The monoisotopic (exact) mass is 102 g/mol. The molecule has 0 saturated carbocycles. The Balaban J connectivity index is 2.36. The molecule has 0 atom stereocenters. The van der Waals surface area contributed by atoms with Crippen LogP contribution in [0.25, 0.3) is 0 Å². The molecule has 0 aromatic heterocycles. The molecule has 40 valence electrons. The van der Waals surface area contributed by atoms with Gasteiger partial charge in [-0.1, -0.05) is 0 Å². The van der Waals surface area contributed by atoms with E-state index in [2.05, 4.69) is 4.74 Å². The molecule has 1 aliphatic rings. The van der Waals surface area contributed by atoms with Gasteiger partial charge in [0, 0.05) is 0 Å². The van der Waals surface area contributed by atoms with E-state index < -0.39 is 0 Å². The van der Waals surface area contributed by atoms with Gasteiger partial charge in [0.2, 0.25) is 6.79 Å². The molecule has 0 aromatic rings. The number of aliphatic hydroxyl groups is 1. The van der Waals surface area contributed by atoms with Crippen molar-refractivity contribution in [3.8, 4) is 0 Å². The van der Waals surface area contributed by atoms with Crippen molar-refractivity contribution < 1.29 is 14.6 Å². The second kappa shape index (κ2) is 1.84. The second-order valence-electron chi connectivity index (χ2n) is 1.17. The van der Waals surface area contributed by atoms with Crippen LogP contribution in [0.15, 0.2) is 12.0 Å². The second-order valence-corrected chi connectivity index (χ2v) is 1.17. The zero-order chi connectivity index (χ0) is 5.11. The fourth-order valence-electron chi connectivity index (χ4n) is 0.354. The van der Waals surface area contributed by atoms with Gasteiger partial charge in [0.25, 0.3) is 0 Å². The Kier molecular flexibility index (Phi) is 1.17. The molecule has 3 nitrogen and oxygen atoms in total. The third-order valence-corrected chi connectivity index (χ3v) is 0.683. The first-order chi connectivity index (χ1) is 3.43. The minimum absolute atomic E-state index is 0.0694. The minimum Gasteiger partial charge on any atom is -0.462 e. The van der Waals surface area contributed by atoms with Gasteiger partial charge in [0.05, 0.1) is 0 Å². The number of hydrogen-bond acceptors (Lipinski definition) is 3. The van der Waals surface area contributed by atoms with E-state index in [1.54, 1.807) is 0 Å². The molecule has 0 aromatic carbocycles. The first-order valence-corrected chi connectivity index (χ1v) is 1.98. The van der Waals surface area contributed by atoms with Gasteiger partial charge in [-0.15, -0.1) is 0 Å². The smallest absolute Gasteiger partial charge is 0.229 e. The van der Waals surface area contributed by atoms with Crippen molar-refractivity contribution in [1.82, 2.24) is 0 Å². The van der Waals surface area contributed by atoms with Crippen LogP contribution in [-0.4, -0.2) is 18.5 Å². The molecular weight excluding hydrogens is 96.0 g/mol. The van der Waals surface area contributed by atoms with Gasteiger partial charge in [-0.25, -0.2) is 0 Å². The number of rotatable bonds is 1. The lowest BCUT2D eigenvalue weighted by Gasteiger charge is -1.91. The highest BCUT2D eigenvalue weighted by atomic mass is 16.7. The van der Waals surface area contributed by atoms with E-state index in [1.165, 1.54) is 6.26 Å². The molecule has 1 N–H and O–H groups in total. The fourth-order valence-corrected chi connectivity index (χ4v) is 0.354. The molecule has 1 heterocycles. The lowest BCUT2D eigenvalue weighted by Crippen LogP contribution is -1.89. The Morgan fingerprint density at radius 2 is 2.71 bits per heavy atom. The van der Waals surface area contributed by atoms with E-state index in [4.69, 9.17) is 9.84 Å². The minimum atomic E-state index is -0.0694. The normalized spacial score (nSPS) is 17.6. The van der Waals surface area contributed by atoms with E-state index in [0.717, 1.165) is 0 Å². The summed E-state index contributed by atoms with van der Waals surface area (Å²) in [5.74, 6) is 0.500. The summed E-state index contributed by atoms with van der Waals surface area (Å²) < 4.78 is 9.29. The Hall–Kier alpha value is -0.700. The highest BCUT2D eigenvalue weighted by molar-refractivity contribution is 4.88. The van der Waals surface area contributed by atoms with Crippen molar-refractivity contribution in [3.05, 3.63) is 12.0 Å². The number of ether oxygens (including phenoxy) is 2. The topological polar surface area (TPSA) is 38.7 Å². The van der Waals surface area contributed by atoms with Crippen molar-refractivity contribution in [2.24, 2.45) is 0 Å². The van der Waals surface area contributed by atoms with Gasteiger partial charge in [-0.3, -0.25) is 0 Å². The zero-order valence-corrected chi connectivity index (χ0v) is 3.76. The van der Waals surface area contributed by atoms with Crippen molar-refractivity contribution in [2.75, 3.05) is 13.4 Å². The lowest BCUT2D eigenvalue weighted by atomic mass is 10.6. The average Bonchev–Trinajstić information content (AvgIpc) is 2.14. The largest absolute Gasteiger partial charge is 0.462 e. The maximum atomic E-state index is 8.29. The van der Waals surface area contributed by atoms with Gasteiger partial charge >= 0.3 is 0 Å². The van der Waals surface area contributed by atoms with Crippen LogP contribution in [0.4, 0.5) is 0 Å². The summed E-state index contributed by atoms with van der Waals surface area (Å²) in [6.45, 7) is 0.176. The highest BCUT2D eigenvalue weighted by Crippen LogP contribution is 2.03. The third-order valence-electron chi connectivity index (χ3n) is 0.683. The van der Waals surface area contributed by atoms with E-state index in [1.807, 2.05) is 0 Å². The maximum Gasteiger partial charge on any atom is 0.229 e. The van der Waals surface area contributed by atoms with Crippen LogP contribution in [-0.2, 0) is 9.47 Å². The molecule has 0 saturated heterocycles. The van der Waals surface area contributed by atoms with Crippen LogP contribution in [0.5, 0.6) is 0 Å². The zero-order valence-electron chi connectivity index (χ0n) is 3.76. The van der Waals surface area contributed by atoms with Crippen LogP contribution in [0.3, 0.4) is 0 Å². The predicted molar refractivity (Wildman–Crippen MR) is 22.2 cm³/mol. The van der Waals surface area contributed by atoms with E-state index in [0.29, 0.717) is 5.76 Å². The van der Waals surface area contributed by atoms with Crippen LogP contribution in [0.1, 0.15) is 0 Å². The Labute approximate surface area is 41.2 Å². The lowest BCUT2D eigenvalue weighted by molar-refractivity contribution is 0.0693. The fraction of sp³-hybridized carbons (Fsp3) is 0.500. The van der Waals surface area contributed by atoms with Crippen molar-refractivity contribution in [3.63, 3.8) is 0 Å². The van der Waals surface area contributed by atoms with Gasteiger partial charge in [0.15, 0.2) is 5.76 Å². The molecule has 0 bridgehead atoms. The summed E-state index contributed by atoms with van der Waals surface area (Å²) in [4.78, 5) is 0. The predicted octanol–water partition coefficient (Wildman–Crippen LogP) is -0.176. The standard InChI is InChI=1S/C4H6O3/c5-1-4-2-6-3-7-4/h2,5H,1,3H2. The first-order valence-electron chi connectivity index (χ1n) is 1.98. The Bertz CT molecular complexity index is 86.9. The molecular formula is C4H6O3. The summed E-state index contributed by atoms with van der Waals surface area (Å²) >= 11 is 0. The average molecular weight is 102 g/mol. The van der Waals surface area contributed by atoms with Gasteiger partial charge in [-0.2, -0.15) is 0 Å². The quantitative estimate of drug-likeness (QED) is 0.499. The molecule has 0 aliphatic carbocycles. The van der Waals surface area contributed by atoms with Crippen molar-refractivity contribution in [1.29, 1.82) is 0 Å². The van der Waals surface area contributed by atoms with E-state index >= 15 is 0 Å². The number of hydrogen-bond donors (Lipinski definition) is 1. The molecule has 1 rings (SSSR count). The summed E-state index contributed by atoms with van der Waals surface area (Å²) in [6.07, 6.45) is 1.40. The summed E-state index contributed by atoms with van der Waals surface area (Å²) in [6, 6.07) is 0. The molecule has 0 spiro atoms. The third kappa shape index (κ3) is 0.838. The molecule has 0 amide bonds. The molecule has 0 fully saturated rings. The maximum absolute atomic E-state index is 8.29. The van der Waals surface area contributed by atoms with E-state index in [9.17, 15) is 0 Å². The summed E-state index contributed by atoms with van der Waals surface area (Å²) in [5.41, 5.74) is 0. The molecule has 0 unspecified atom stereocenters. The Morgan fingerprint density at radius 1 is 1.86 bits per heavy atom. The van der Waals surface area contributed by atoms with Crippen LogP contribution in [0, 0.1) is 0 Å². The Morgan fingerprint density at radius 3 is 3.00 bits per heavy atom.